The highest BCUT2D eigenvalue weighted by atomic mass is 16.2. The molecule has 2 aromatic rings. The predicted octanol–water partition coefficient (Wildman–Crippen LogP) is 1.97. The van der Waals surface area contributed by atoms with Gasteiger partial charge < -0.3 is 10.6 Å². The van der Waals surface area contributed by atoms with Crippen molar-refractivity contribution in [1.82, 2.24) is 14.7 Å². The molecule has 1 amide bonds. The van der Waals surface area contributed by atoms with Gasteiger partial charge in [0, 0.05) is 32.0 Å². The molecular weight excluding hydrogens is 252 g/mol. The average molecular weight is 272 g/mol. The zero-order valence-corrected chi connectivity index (χ0v) is 12.1. The number of hydrogen-bond acceptors (Lipinski definition) is 3. The van der Waals surface area contributed by atoms with Crippen LogP contribution in [0.4, 0.5) is 5.69 Å². The summed E-state index contributed by atoms with van der Waals surface area (Å²) in [6.45, 7) is 4.94. The Kier molecular flexibility index (Phi) is 4.08. The van der Waals surface area contributed by atoms with Gasteiger partial charge in [-0.05, 0) is 25.5 Å². The molecule has 0 saturated heterocycles. The molecule has 20 heavy (non-hydrogen) atoms. The summed E-state index contributed by atoms with van der Waals surface area (Å²) in [6, 6.07) is 7.62. The second-order valence-electron chi connectivity index (χ2n) is 4.82. The van der Waals surface area contributed by atoms with Crippen molar-refractivity contribution in [3.05, 3.63) is 47.3 Å². The van der Waals surface area contributed by atoms with Gasteiger partial charge in [0.1, 0.15) is 0 Å². The van der Waals surface area contributed by atoms with Gasteiger partial charge >= 0.3 is 0 Å². The Morgan fingerprint density at radius 1 is 1.40 bits per heavy atom. The lowest BCUT2D eigenvalue weighted by Crippen LogP contribution is -2.30. The highest BCUT2D eigenvalue weighted by molar-refractivity contribution is 5.95. The van der Waals surface area contributed by atoms with Crippen molar-refractivity contribution >= 4 is 11.6 Å². The lowest BCUT2D eigenvalue weighted by Gasteiger charge is -2.21. The van der Waals surface area contributed by atoms with Crippen LogP contribution in [0.1, 0.15) is 28.5 Å². The van der Waals surface area contributed by atoms with E-state index in [2.05, 4.69) is 5.10 Å². The molecule has 2 N–H and O–H groups in total. The van der Waals surface area contributed by atoms with E-state index >= 15 is 0 Å². The first-order valence-electron chi connectivity index (χ1n) is 6.65. The third-order valence-electron chi connectivity index (χ3n) is 3.33. The molecule has 0 aliphatic heterocycles. The smallest absolute Gasteiger partial charge is 0.257 e. The number of nitrogens with two attached hydrogens (primary N) is 1. The Balaban J connectivity index is 2.22. The van der Waals surface area contributed by atoms with Gasteiger partial charge in [-0.15, -0.1) is 0 Å². The number of carbonyl (C=O) groups excluding carboxylic acids is 1. The summed E-state index contributed by atoms with van der Waals surface area (Å²) < 4.78 is 1.66. The molecule has 0 aliphatic rings. The molecule has 0 unspecified atom stereocenters. The van der Waals surface area contributed by atoms with Crippen molar-refractivity contribution in [2.24, 2.45) is 7.05 Å². The number of nitrogen functional groups attached to an aromatic ring is 1. The number of rotatable bonds is 4. The monoisotopic (exact) mass is 272 g/mol. The Hall–Kier alpha value is -2.30. The van der Waals surface area contributed by atoms with E-state index in [-0.39, 0.29) is 5.91 Å². The number of anilines is 1. The maximum Gasteiger partial charge on any atom is 0.257 e. The van der Waals surface area contributed by atoms with Crippen molar-refractivity contribution in [1.29, 1.82) is 0 Å². The summed E-state index contributed by atoms with van der Waals surface area (Å²) in [4.78, 5) is 14.3. The zero-order chi connectivity index (χ0) is 14.7. The largest absolute Gasteiger partial charge is 0.398 e. The van der Waals surface area contributed by atoms with Crippen molar-refractivity contribution in [3.63, 3.8) is 0 Å². The zero-order valence-electron chi connectivity index (χ0n) is 12.1. The van der Waals surface area contributed by atoms with Gasteiger partial charge in [0.2, 0.25) is 0 Å². The number of benzene rings is 1. The molecule has 1 aromatic heterocycles. The molecule has 5 nitrogen and oxygen atoms in total. The van der Waals surface area contributed by atoms with Gasteiger partial charge in [-0.1, -0.05) is 18.2 Å². The average Bonchev–Trinajstić information content (AvgIpc) is 2.76. The van der Waals surface area contributed by atoms with Crippen LogP contribution in [0.25, 0.3) is 0 Å². The molecule has 0 atom stereocenters. The summed E-state index contributed by atoms with van der Waals surface area (Å²) >= 11 is 0. The first-order valence-corrected chi connectivity index (χ1v) is 6.65. The van der Waals surface area contributed by atoms with Crippen LogP contribution in [-0.4, -0.2) is 27.1 Å². The molecular formula is C15H20N4O. The SMILES string of the molecule is CCN(Cc1ccccc1N)C(=O)c1cn(C)nc1C. The van der Waals surface area contributed by atoms with Crippen molar-refractivity contribution < 1.29 is 4.79 Å². The van der Waals surface area contributed by atoms with Crippen LogP contribution in [0.15, 0.2) is 30.5 Å². The van der Waals surface area contributed by atoms with Crippen LogP contribution in [-0.2, 0) is 13.6 Å². The number of aromatic nitrogens is 2. The van der Waals surface area contributed by atoms with Crippen LogP contribution < -0.4 is 5.73 Å². The fraction of sp³-hybridized carbons (Fsp3) is 0.333. The third-order valence-corrected chi connectivity index (χ3v) is 3.33. The van der Waals surface area contributed by atoms with Gasteiger partial charge in [0.25, 0.3) is 5.91 Å². The second kappa shape index (κ2) is 5.77. The highest BCUT2D eigenvalue weighted by Gasteiger charge is 2.19. The third kappa shape index (κ3) is 2.82. The van der Waals surface area contributed by atoms with Gasteiger partial charge in [0.15, 0.2) is 0 Å². The summed E-state index contributed by atoms with van der Waals surface area (Å²) in [5.41, 5.74) is 9.00. The fourth-order valence-corrected chi connectivity index (χ4v) is 2.19. The van der Waals surface area contributed by atoms with E-state index in [4.69, 9.17) is 5.73 Å². The minimum absolute atomic E-state index is 0.0126. The molecule has 0 aliphatic carbocycles. The molecule has 0 fully saturated rings. The molecule has 1 aromatic carbocycles. The topological polar surface area (TPSA) is 64.2 Å². The van der Waals surface area contributed by atoms with Crippen LogP contribution >= 0.6 is 0 Å². The van der Waals surface area contributed by atoms with Crippen molar-refractivity contribution in [2.75, 3.05) is 12.3 Å². The van der Waals surface area contributed by atoms with E-state index in [1.807, 2.05) is 45.2 Å². The van der Waals surface area contributed by atoms with Crippen LogP contribution in [0, 0.1) is 6.92 Å². The van der Waals surface area contributed by atoms with Crippen molar-refractivity contribution in [3.8, 4) is 0 Å². The lowest BCUT2D eigenvalue weighted by molar-refractivity contribution is 0.0752. The maximum absolute atomic E-state index is 12.6. The van der Waals surface area contributed by atoms with E-state index in [0.717, 1.165) is 11.3 Å². The first kappa shape index (κ1) is 14.1. The van der Waals surface area contributed by atoms with Crippen LogP contribution in [0.2, 0.25) is 0 Å². The fourth-order valence-electron chi connectivity index (χ4n) is 2.19. The highest BCUT2D eigenvalue weighted by Crippen LogP contribution is 2.16. The molecule has 1 heterocycles. The molecule has 106 valence electrons. The Morgan fingerprint density at radius 3 is 2.65 bits per heavy atom. The van der Waals surface area contributed by atoms with E-state index in [1.165, 1.54) is 0 Å². The number of hydrogen-bond donors (Lipinski definition) is 1. The molecule has 5 heteroatoms. The minimum atomic E-state index is -0.0126. The number of para-hydroxylation sites is 1. The van der Waals surface area contributed by atoms with Gasteiger partial charge in [0.05, 0.1) is 11.3 Å². The number of aryl methyl sites for hydroxylation is 2. The van der Waals surface area contributed by atoms with Gasteiger partial charge in [-0.2, -0.15) is 5.10 Å². The standard InChI is InChI=1S/C15H20N4O/c1-4-19(9-12-7-5-6-8-14(12)16)15(20)13-10-18(3)17-11(13)2/h5-8,10H,4,9,16H2,1-3H3. The minimum Gasteiger partial charge on any atom is -0.398 e. The lowest BCUT2D eigenvalue weighted by atomic mass is 10.1. The molecule has 0 spiro atoms. The molecule has 0 saturated carbocycles. The molecule has 0 radical (unpaired) electrons. The Bertz CT molecular complexity index is 618. The van der Waals surface area contributed by atoms with E-state index in [0.29, 0.717) is 24.3 Å². The predicted molar refractivity (Wildman–Crippen MR) is 79.2 cm³/mol. The van der Waals surface area contributed by atoms with Crippen LogP contribution in [0.5, 0.6) is 0 Å². The van der Waals surface area contributed by atoms with E-state index in [1.54, 1.807) is 15.8 Å². The normalized spacial score (nSPS) is 10.6. The van der Waals surface area contributed by atoms with E-state index in [9.17, 15) is 4.79 Å². The van der Waals surface area contributed by atoms with Crippen molar-refractivity contribution in [2.45, 2.75) is 20.4 Å². The quantitative estimate of drug-likeness (QED) is 0.865. The summed E-state index contributed by atoms with van der Waals surface area (Å²) in [7, 11) is 1.81. The Morgan fingerprint density at radius 2 is 2.10 bits per heavy atom. The summed E-state index contributed by atoms with van der Waals surface area (Å²) in [5, 5.41) is 4.22. The van der Waals surface area contributed by atoms with Crippen LogP contribution in [0.3, 0.4) is 0 Å². The molecule has 0 bridgehead atoms. The van der Waals surface area contributed by atoms with Gasteiger partial charge in [-0.25, -0.2) is 0 Å². The first-order chi connectivity index (χ1) is 9.52. The number of nitrogens with zero attached hydrogens (tertiary/aromatic N) is 3. The summed E-state index contributed by atoms with van der Waals surface area (Å²) in [5.74, 6) is -0.0126. The second-order valence-corrected chi connectivity index (χ2v) is 4.82. The summed E-state index contributed by atoms with van der Waals surface area (Å²) in [6.07, 6.45) is 1.76. The number of amides is 1. The number of carbonyl (C=O) groups is 1. The van der Waals surface area contributed by atoms with E-state index < -0.39 is 0 Å². The maximum atomic E-state index is 12.6. The Labute approximate surface area is 119 Å². The molecule has 2 rings (SSSR count). The van der Waals surface area contributed by atoms with Gasteiger partial charge in [-0.3, -0.25) is 9.48 Å².